The zero-order valence-corrected chi connectivity index (χ0v) is 9.75. The molecule has 88 valence electrons. The minimum Gasteiger partial charge on any atom is -0.487 e. The lowest BCUT2D eigenvalue weighted by molar-refractivity contribution is 0.307. The number of para-hydroxylation sites is 2. The fourth-order valence-corrected chi connectivity index (χ4v) is 1.59. The van der Waals surface area contributed by atoms with E-state index in [-0.39, 0.29) is 12.4 Å². The Morgan fingerprint density at radius 1 is 1.18 bits per heavy atom. The molecule has 0 saturated heterocycles. The summed E-state index contributed by atoms with van der Waals surface area (Å²) in [6, 6.07) is 11.3. The molecule has 0 saturated carbocycles. The van der Waals surface area contributed by atoms with Crippen molar-refractivity contribution in [2.45, 2.75) is 6.61 Å². The zero-order chi connectivity index (χ0) is 12.3. The number of nitrogens with two attached hydrogens (primary N) is 1. The van der Waals surface area contributed by atoms with E-state index in [2.05, 4.69) is 0 Å². The van der Waals surface area contributed by atoms with Crippen LogP contribution in [-0.4, -0.2) is 0 Å². The normalized spacial score (nSPS) is 10.2. The molecule has 2 rings (SSSR count). The van der Waals surface area contributed by atoms with Gasteiger partial charge in [-0.25, -0.2) is 4.39 Å². The highest BCUT2D eigenvalue weighted by Gasteiger charge is 2.04. The van der Waals surface area contributed by atoms with Crippen molar-refractivity contribution in [3.05, 3.63) is 58.9 Å². The lowest BCUT2D eigenvalue weighted by atomic mass is 10.2. The number of rotatable bonds is 3. The Kier molecular flexibility index (Phi) is 3.49. The standard InChI is InChI=1S/C13H11ClFNO/c14-11-6-5-10(15)7-9(11)8-17-13-4-2-1-3-12(13)16/h1-7H,8,16H2. The molecule has 0 aliphatic heterocycles. The van der Waals surface area contributed by atoms with E-state index in [1.54, 1.807) is 12.1 Å². The maximum atomic E-state index is 13.0. The molecule has 0 aliphatic rings. The predicted molar refractivity (Wildman–Crippen MR) is 66.6 cm³/mol. The summed E-state index contributed by atoms with van der Waals surface area (Å²) in [5, 5.41) is 0.473. The number of anilines is 1. The largest absolute Gasteiger partial charge is 0.487 e. The quantitative estimate of drug-likeness (QED) is 0.846. The summed E-state index contributed by atoms with van der Waals surface area (Å²) in [5.41, 5.74) is 6.85. The Hall–Kier alpha value is -1.74. The average Bonchev–Trinajstić information content (AvgIpc) is 2.32. The Balaban J connectivity index is 2.12. The van der Waals surface area contributed by atoms with Gasteiger partial charge in [0.05, 0.1) is 5.69 Å². The van der Waals surface area contributed by atoms with E-state index < -0.39 is 0 Å². The molecule has 17 heavy (non-hydrogen) atoms. The van der Waals surface area contributed by atoms with Crippen LogP contribution in [-0.2, 0) is 6.61 Å². The van der Waals surface area contributed by atoms with E-state index in [1.165, 1.54) is 18.2 Å². The van der Waals surface area contributed by atoms with Crippen molar-refractivity contribution >= 4 is 17.3 Å². The Morgan fingerprint density at radius 3 is 2.71 bits per heavy atom. The van der Waals surface area contributed by atoms with Crippen LogP contribution in [0.1, 0.15) is 5.56 Å². The van der Waals surface area contributed by atoms with Crippen LogP contribution in [0.25, 0.3) is 0 Å². The third-order valence-electron chi connectivity index (χ3n) is 2.31. The first kappa shape index (κ1) is 11.7. The van der Waals surface area contributed by atoms with Gasteiger partial charge in [-0.1, -0.05) is 23.7 Å². The highest BCUT2D eigenvalue weighted by Crippen LogP contribution is 2.23. The smallest absolute Gasteiger partial charge is 0.142 e. The molecule has 0 spiro atoms. The molecule has 0 radical (unpaired) electrons. The highest BCUT2D eigenvalue weighted by atomic mass is 35.5. The van der Waals surface area contributed by atoms with Gasteiger partial charge in [0.1, 0.15) is 18.2 Å². The maximum Gasteiger partial charge on any atom is 0.142 e. The Morgan fingerprint density at radius 2 is 1.94 bits per heavy atom. The van der Waals surface area contributed by atoms with Crippen LogP contribution in [0.3, 0.4) is 0 Å². The van der Waals surface area contributed by atoms with Crippen molar-refractivity contribution < 1.29 is 9.13 Å². The van der Waals surface area contributed by atoms with Gasteiger partial charge < -0.3 is 10.5 Å². The first-order valence-electron chi connectivity index (χ1n) is 5.08. The third-order valence-corrected chi connectivity index (χ3v) is 2.68. The summed E-state index contributed by atoms with van der Waals surface area (Å²) in [7, 11) is 0. The van der Waals surface area contributed by atoms with Crippen molar-refractivity contribution in [1.29, 1.82) is 0 Å². The predicted octanol–water partition coefficient (Wildman–Crippen LogP) is 3.64. The summed E-state index contributed by atoms with van der Waals surface area (Å²) in [6.45, 7) is 0.185. The lowest BCUT2D eigenvalue weighted by Gasteiger charge is -2.09. The molecule has 0 unspecified atom stereocenters. The van der Waals surface area contributed by atoms with Gasteiger partial charge in [-0.2, -0.15) is 0 Å². The molecule has 2 nitrogen and oxygen atoms in total. The van der Waals surface area contributed by atoms with E-state index in [4.69, 9.17) is 22.1 Å². The molecule has 0 aromatic heterocycles. The van der Waals surface area contributed by atoms with E-state index in [1.807, 2.05) is 12.1 Å². The van der Waals surface area contributed by atoms with Crippen LogP contribution < -0.4 is 10.5 Å². The van der Waals surface area contributed by atoms with Gasteiger partial charge in [-0.05, 0) is 30.3 Å². The molecule has 2 aromatic rings. The van der Waals surface area contributed by atoms with Gasteiger partial charge in [0.2, 0.25) is 0 Å². The Bertz CT molecular complexity index is 531. The first-order valence-corrected chi connectivity index (χ1v) is 5.46. The van der Waals surface area contributed by atoms with Crippen molar-refractivity contribution in [1.82, 2.24) is 0 Å². The van der Waals surface area contributed by atoms with Gasteiger partial charge in [-0.3, -0.25) is 0 Å². The van der Waals surface area contributed by atoms with Crippen molar-refractivity contribution in [3.63, 3.8) is 0 Å². The van der Waals surface area contributed by atoms with Crippen LogP contribution in [0.4, 0.5) is 10.1 Å². The van der Waals surface area contributed by atoms with E-state index >= 15 is 0 Å². The van der Waals surface area contributed by atoms with Crippen molar-refractivity contribution in [3.8, 4) is 5.75 Å². The molecule has 0 bridgehead atoms. The minimum atomic E-state index is -0.339. The molecular formula is C13H11ClFNO. The van der Waals surface area contributed by atoms with Crippen molar-refractivity contribution in [2.75, 3.05) is 5.73 Å². The molecular weight excluding hydrogens is 241 g/mol. The highest BCUT2D eigenvalue weighted by molar-refractivity contribution is 6.31. The van der Waals surface area contributed by atoms with Crippen LogP contribution in [0.2, 0.25) is 5.02 Å². The second kappa shape index (κ2) is 5.06. The zero-order valence-electron chi connectivity index (χ0n) is 8.99. The Labute approximate surface area is 104 Å². The van der Waals surface area contributed by atoms with Crippen LogP contribution >= 0.6 is 11.6 Å². The number of hydrogen-bond donors (Lipinski definition) is 1. The third kappa shape index (κ3) is 2.88. The molecule has 0 amide bonds. The number of benzene rings is 2. The number of halogens is 2. The summed E-state index contributed by atoms with van der Waals surface area (Å²) < 4.78 is 18.5. The molecule has 0 atom stereocenters. The minimum absolute atomic E-state index is 0.185. The van der Waals surface area contributed by atoms with Crippen molar-refractivity contribution in [2.24, 2.45) is 0 Å². The second-order valence-electron chi connectivity index (χ2n) is 3.56. The summed E-state index contributed by atoms with van der Waals surface area (Å²) in [5.74, 6) is 0.224. The molecule has 4 heteroatoms. The summed E-state index contributed by atoms with van der Waals surface area (Å²) in [6.07, 6.45) is 0. The van der Waals surface area contributed by atoms with Gasteiger partial charge in [0.25, 0.3) is 0 Å². The maximum absolute atomic E-state index is 13.0. The van der Waals surface area contributed by atoms with Gasteiger partial charge in [0.15, 0.2) is 0 Å². The van der Waals surface area contributed by atoms with E-state index in [9.17, 15) is 4.39 Å². The number of nitrogen functional groups attached to an aromatic ring is 1. The van der Waals surface area contributed by atoms with Crippen LogP contribution in [0, 0.1) is 5.82 Å². The molecule has 2 aromatic carbocycles. The fourth-order valence-electron chi connectivity index (χ4n) is 1.42. The molecule has 0 fully saturated rings. The molecule has 0 heterocycles. The summed E-state index contributed by atoms with van der Waals surface area (Å²) in [4.78, 5) is 0. The van der Waals surface area contributed by atoms with Gasteiger partial charge in [-0.15, -0.1) is 0 Å². The fraction of sp³-hybridized carbons (Fsp3) is 0.0769. The van der Waals surface area contributed by atoms with Gasteiger partial charge in [0, 0.05) is 10.6 Å². The SMILES string of the molecule is Nc1ccccc1OCc1cc(F)ccc1Cl. The topological polar surface area (TPSA) is 35.2 Å². The lowest BCUT2D eigenvalue weighted by Crippen LogP contribution is -1.99. The van der Waals surface area contributed by atoms with E-state index in [0.29, 0.717) is 22.0 Å². The number of ether oxygens (including phenoxy) is 1. The number of hydrogen-bond acceptors (Lipinski definition) is 2. The molecule has 2 N–H and O–H groups in total. The van der Waals surface area contributed by atoms with E-state index in [0.717, 1.165) is 0 Å². The first-order chi connectivity index (χ1) is 8.16. The second-order valence-corrected chi connectivity index (χ2v) is 3.97. The molecule has 0 aliphatic carbocycles. The van der Waals surface area contributed by atoms with Crippen LogP contribution in [0.15, 0.2) is 42.5 Å². The van der Waals surface area contributed by atoms with Gasteiger partial charge >= 0.3 is 0 Å². The monoisotopic (exact) mass is 251 g/mol. The summed E-state index contributed by atoms with van der Waals surface area (Å²) >= 11 is 5.92. The average molecular weight is 252 g/mol. The van der Waals surface area contributed by atoms with Crippen LogP contribution in [0.5, 0.6) is 5.75 Å².